The van der Waals surface area contributed by atoms with Gasteiger partial charge >= 0.3 is 5.97 Å². The van der Waals surface area contributed by atoms with Crippen LogP contribution in [0.2, 0.25) is 0 Å². The van der Waals surface area contributed by atoms with Gasteiger partial charge in [-0.05, 0) is 32.1 Å². The smallest absolute Gasteiger partial charge is 0.334 e. The van der Waals surface area contributed by atoms with Crippen molar-refractivity contribution in [3.05, 3.63) is 12.2 Å². The fourth-order valence-electron chi connectivity index (χ4n) is 3.24. The van der Waals surface area contributed by atoms with Gasteiger partial charge < -0.3 is 4.74 Å². The average Bonchev–Trinajstić information content (AvgIpc) is 2.53. The molecule has 0 amide bonds. The third-order valence-corrected chi connectivity index (χ3v) is 4.16. The van der Waals surface area contributed by atoms with Crippen molar-refractivity contribution in [1.82, 2.24) is 0 Å². The number of carbonyl (C=O) groups is 1. The van der Waals surface area contributed by atoms with E-state index in [1.54, 1.807) is 0 Å². The molecule has 1 saturated carbocycles. The number of unbranched alkanes of at least 4 members (excludes halogenated alkanes) is 2. The molecule has 90 valence electrons. The lowest BCUT2D eigenvalue weighted by atomic mass is 9.71. The van der Waals surface area contributed by atoms with E-state index in [1.807, 2.05) is 0 Å². The van der Waals surface area contributed by atoms with E-state index in [1.165, 1.54) is 32.1 Å². The minimum Gasteiger partial charge on any atom is -0.455 e. The van der Waals surface area contributed by atoms with Crippen molar-refractivity contribution < 1.29 is 9.53 Å². The highest BCUT2D eigenvalue weighted by atomic mass is 16.6. The molecule has 1 aliphatic carbocycles. The zero-order valence-corrected chi connectivity index (χ0v) is 10.3. The number of ether oxygens (including phenoxy) is 1. The van der Waals surface area contributed by atoms with Crippen LogP contribution in [-0.2, 0) is 9.53 Å². The molecule has 0 N–H and O–H groups in total. The summed E-state index contributed by atoms with van der Waals surface area (Å²) in [6, 6.07) is 0. The summed E-state index contributed by atoms with van der Waals surface area (Å²) in [6.45, 7) is 6.12. The van der Waals surface area contributed by atoms with Crippen LogP contribution in [-0.4, -0.2) is 11.6 Å². The van der Waals surface area contributed by atoms with Gasteiger partial charge in [-0.15, -0.1) is 0 Å². The molecule has 1 aliphatic heterocycles. The van der Waals surface area contributed by atoms with Crippen molar-refractivity contribution in [3.63, 3.8) is 0 Å². The lowest BCUT2D eigenvalue weighted by Crippen LogP contribution is -2.38. The average molecular weight is 222 g/mol. The van der Waals surface area contributed by atoms with E-state index in [-0.39, 0.29) is 11.6 Å². The summed E-state index contributed by atoms with van der Waals surface area (Å²) in [6.07, 6.45) is 9.22. The molecule has 0 aromatic carbocycles. The van der Waals surface area contributed by atoms with E-state index < -0.39 is 0 Å². The number of hydrogen-bond acceptors (Lipinski definition) is 2. The van der Waals surface area contributed by atoms with Crippen molar-refractivity contribution in [2.75, 3.05) is 0 Å². The number of hydrogen-bond donors (Lipinski definition) is 0. The minimum absolute atomic E-state index is 0.136. The normalized spacial score (nSPS) is 33.7. The first-order chi connectivity index (χ1) is 7.69. The first-order valence-electron chi connectivity index (χ1n) is 6.62. The maximum absolute atomic E-state index is 11.7. The SMILES string of the molecule is C=C1C(=O)O[C@@]2(CCCCC)CCCC[C@H]12. The summed E-state index contributed by atoms with van der Waals surface area (Å²) in [4.78, 5) is 11.7. The Labute approximate surface area is 98.1 Å². The maximum atomic E-state index is 11.7. The summed E-state index contributed by atoms with van der Waals surface area (Å²) in [5, 5.41) is 0. The predicted molar refractivity (Wildman–Crippen MR) is 64.1 cm³/mol. The minimum atomic E-state index is -0.165. The van der Waals surface area contributed by atoms with Gasteiger partial charge in [0.25, 0.3) is 0 Å². The van der Waals surface area contributed by atoms with Crippen LogP contribution in [0.1, 0.15) is 58.3 Å². The molecule has 2 atom stereocenters. The van der Waals surface area contributed by atoms with E-state index in [9.17, 15) is 4.79 Å². The quantitative estimate of drug-likeness (QED) is 0.412. The lowest BCUT2D eigenvalue weighted by Gasteiger charge is -2.37. The Morgan fingerprint density at radius 2 is 2.25 bits per heavy atom. The zero-order valence-electron chi connectivity index (χ0n) is 10.3. The van der Waals surface area contributed by atoms with E-state index in [4.69, 9.17) is 4.74 Å². The molecule has 2 aliphatic rings. The number of fused-ring (bicyclic) bond motifs is 1. The highest BCUT2D eigenvalue weighted by Crippen LogP contribution is 2.48. The summed E-state index contributed by atoms with van der Waals surface area (Å²) in [5.74, 6) is 0.175. The zero-order chi connectivity index (χ0) is 11.6. The molecule has 0 bridgehead atoms. The summed E-state index contributed by atoms with van der Waals surface area (Å²) >= 11 is 0. The molecule has 1 saturated heterocycles. The van der Waals surface area contributed by atoms with Crippen LogP contribution in [0.25, 0.3) is 0 Å². The monoisotopic (exact) mass is 222 g/mol. The molecule has 1 heterocycles. The Morgan fingerprint density at radius 3 is 3.00 bits per heavy atom. The van der Waals surface area contributed by atoms with Gasteiger partial charge in [-0.25, -0.2) is 4.79 Å². The fraction of sp³-hybridized carbons (Fsp3) is 0.786. The van der Waals surface area contributed by atoms with Gasteiger partial charge in [0.05, 0.1) is 0 Å². The number of esters is 1. The van der Waals surface area contributed by atoms with Crippen LogP contribution in [0.15, 0.2) is 12.2 Å². The lowest BCUT2D eigenvalue weighted by molar-refractivity contribution is -0.151. The van der Waals surface area contributed by atoms with Crippen molar-refractivity contribution in [1.29, 1.82) is 0 Å². The topological polar surface area (TPSA) is 26.3 Å². The van der Waals surface area contributed by atoms with Crippen molar-refractivity contribution in [3.8, 4) is 0 Å². The number of carbonyl (C=O) groups excluding carboxylic acids is 1. The van der Waals surface area contributed by atoms with Crippen LogP contribution in [0.3, 0.4) is 0 Å². The molecule has 0 radical (unpaired) electrons. The van der Waals surface area contributed by atoms with E-state index in [0.29, 0.717) is 5.92 Å². The highest BCUT2D eigenvalue weighted by Gasteiger charge is 2.51. The van der Waals surface area contributed by atoms with Crippen LogP contribution < -0.4 is 0 Å². The molecule has 0 unspecified atom stereocenters. The Bertz CT molecular complexity index is 295. The molecular formula is C14H22O2. The van der Waals surface area contributed by atoms with Gasteiger partial charge in [0, 0.05) is 11.5 Å². The predicted octanol–water partition coefficient (Wildman–Crippen LogP) is 3.61. The second-order valence-corrected chi connectivity index (χ2v) is 5.24. The van der Waals surface area contributed by atoms with Gasteiger partial charge in [0.15, 0.2) is 0 Å². The van der Waals surface area contributed by atoms with Crippen molar-refractivity contribution in [2.45, 2.75) is 63.9 Å². The molecule has 16 heavy (non-hydrogen) atoms. The standard InChI is InChI=1S/C14H22O2/c1-3-4-6-9-14-10-7-5-8-12(14)11(2)13(15)16-14/h12H,2-10H2,1H3/t12-,14+/m1/s1. The maximum Gasteiger partial charge on any atom is 0.334 e. The highest BCUT2D eigenvalue weighted by molar-refractivity contribution is 5.91. The Balaban J connectivity index is 2.08. The Morgan fingerprint density at radius 1 is 1.44 bits per heavy atom. The molecule has 2 rings (SSSR count). The van der Waals surface area contributed by atoms with Gasteiger partial charge in [-0.2, -0.15) is 0 Å². The van der Waals surface area contributed by atoms with E-state index in [0.717, 1.165) is 24.8 Å². The van der Waals surface area contributed by atoms with Gasteiger partial charge in [-0.1, -0.05) is 32.8 Å². The van der Waals surface area contributed by atoms with Gasteiger partial charge in [-0.3, -0.25) is 0 Å². The van der Waals surface area contributed by atoms with Gasteiger partial charge in [0.1, 0.15) is 5.60 Å². The molecule has 0 aromatic heterocycles. The third-order valence-electron chi connectivity index (χ3n) is 4.16. The first kappa shape index (κ1) is 11.7. The Kier molecular flexibility index (Phi) is 3.36. The Hall–Kier alpha value is -0.790. The summed E-state index contributed by atoms with van der Waals surface area (Å²) in [5.41, 5.74) is 0.567. The molecule has 2 heteroatoms. The van der Waals surface area contributed by atoms with Crippen molar-refractivity contribution >= 4 is 5.97 Å². The molecular weight excluding hydrogens is 200 g/mol. The first-order valence-corrected chi connectivity index (χ1v) is 6.62. The second-order valence-electron chi connectivity index (χ2n) is 5.24. The third kappa shape index (κ3) is 1.90. The summed E-state index contributed by atoms with van der Waals surface area (Å²) in [7, 11) is 0. The summed E-state index contributed by atoms with van der Waals surface area (Å²) < 4.78 is 5.67. The van der Waals surface area contributed by atoms with Crippen LogP contribution in [0.5, 0.6) is 0 Å². The van der Waals surface area contributed by atoms with Crippen LogP contribution in [0, 0.1) is 5.92 Å². The number of rotatable bonds is 4. The second kappa shape index (κ2) is 4.60. The van der Waals surface area contributed by atoms with Crippen molar-refractivity contribution in [2.24, 2.45) is 5.92 Å². The largest absolute Gasteiger partial charge is 0.455 e. The molecule has 2 nitrogen and oxygen atoms in total. The van der Waals surface area contributed by atoms with Crippen LogP contribution in [0.4, 0.5) is 0 Å². The molecule has 0 spiro atoms. The molecule has 2 fully saturated rings. The molecule has 0 aromatic rings. The fourth-order valence-corrected chi connectivity index (χ4v) is 3.24. The van der Waals surface area contributed by atoms with E-state index in [2.05, 4.69) is 13.5 Å². The van der Waals surface area contributed by atoms with Gasteiger partial charge in [0.2, 0.25) is 0 Å². The van der Waals surface area contributed by atoms with E-state index >= 15 is 0 Å². The van der Waals surface area contributed by atoms with Crippen LogP contribution >= 0.6 is 0 Å².